The van der Waals surface area contributed by atoms with Crippen LogP contribution in [0.3, 0.4) is 0 Å². The summed E-state index contributed by atoms with van der Waals surface area (Å²) in [6.07, 6.45) is 4.77. The molecule has 2 fully saturated rings. The molecule has 0 spiro atoms. The third kappa shape index (κ3) is 2.67. The van der Waals surface area contributed by atoms with E-state index < -0.39 is 0 Å². The Morgan fingerprint density at radius 2 is 1.81 bits per heavy atom. The van der Waals surface area contributed by atoms with Gasteiger partial charge in [-0.1, -0.05) is 18.0 Å². The fraction of sp³-hybridized carbons (Fsp3) is 1.00. The van der Waals surface area contributed by atoms with Crippen molar-refractivity contribution in [2.45, 2.75) is 37.8 Å². The molecule has 2 rings (SSSR count). The normalized spacial score (nSPS) is 33.3. The summed E-state index contributed by atoms with van der Waals surface area (Å²) in [6, 6.07) is 0.709. The van der Waals surface area contributed by atoms with Gasteiger partial charge in [-0.05, 0) is 25.4 Å². The van der Waals surface area contributed by atoms with E-state index in [-0.39, 0.29) is 6.04 Å². The van der Waals surface area contributed by atoms with E-state index in [9.17, 15) is 0 Å². The lowest BCUT2D eigenvalue weighted by atomic mass is 9.89. The second-order valence-corrected chi connectivity index (χ2v) is 4.96. The SMILES string of the molecule is CN1CCN([C@@H]2CCCC[C@H]2N=[N+]=[N-])CC1. The number of hydrogen-bond donors (Lipinski definition) is 0. The summed E-state index contributed by atoms with van der Waals surface area (Å²) >= 11 is 0. The van der Waals surface area contributed by atoms with Crippen molar-refractivity contribution in [3.63, 3.8) is 0 Å². The molecule has 1 heterocycles. The molecule has 5 nitrogen and oxygen atoms in total. The lowest BCUT2D eigenvalue weighted by Gasteiger charge is -2.42. The van der Waals surface area contributed by atoms with Gasteiger partial charge in [0.05, 0.1) is 6.04 Å². The zero-order chi connectivity index (χ0) is 11.4. The highest BCUT2D eigenvalue weighted by molar-refractivity contribution is 4.90. The molecular formula is C11H21N5. The Morgan fingerprint density at radius 1 is 1.12 bits per heavy atom. The molecule has 1 saturated heterocycles. The molecule has 2 aliphatic rings. The molecule has 0 aromatic carbocycles. The van der Waals surface area contributed by atoms with Gasteiger partial charge in [0.1, 0.15) is 0 Å². The van der Waals surface area contributed by atoms with E-state index in [1.54, 1.807) is 0 Å². The first-order valence-electron chi connectivity index (χ1n) is 6.28. The maximum atomic E-state index is 8.61. The maximum Gasteiger partial charge on any atom is 0.0529 e. The van der Waals surface area contributed by atoms with E-state index >= 15 is 0 Å². The molecule has 0 amide bonds. The minimum atomic E-state index is 0.210. The summed E-state index contributed by atoms with van der Waals surface area (Å²) in [7, 11) is 2.17. The average Bonchev–Trinajstić information content (AvgIpc) is 2.32. The molecule has 2 atom stereocenters. The van der Waals surface area contributed by atoms with E-state index in [1.165, 1.54) is 19.3 Å². The van der Waals surface area contributed by atoms with Gasteiger partial charge in [-0.15, -0.1) is 0 Å². The van der Waals surface area contributed by atoms with Gasteiger partial charge < -0.3 is 4.90 Å². The van der Waals surface area contributed by atoms with Crippen molar-refractivity contribution in [1.29, 1.82) is 0 Å². The van der Waals surface area contributed by atoms with Crippen molar-refractivity contribution >= 4 is 0 Å². The number of rotatable bonds is 2. The Morgan fingerprint density at radius 3 is 2.50 bits per heavy atom. The third-order valence-electron chi connectivity index (χ3n) is 3.90. The predicted molar refractivity (Wildman–Crippen MR) is 64.3 cm³/mol. The zero-order valence-corrected chi connectivity index (χ0v) is 10.0. The Kier molecular flexibility index (Phi) is 4.04. The molecule has 16 heavy (non-hydrogen) atoms. The van der Waals surface area contributed by atoms with Gasteiger partial charge in [-0.3, -0.25) is 4.90 Å². The lowest BCUT2D eigenvalue weighted by molar-refractivity contribution is 0.0804. The van der Waals surface area contributed by atoms with Crippen LogP contribution in [0, 0.1) is 0 Å². The monoisotopic (exact) mass is 223 g/mol. The highest BCUT2D eigenvalue weighted by Gasteiger charge is 2.30. The summed E-state index contributed by atoms with van der Waals surface area (Å²) in [4.78, 5) is 7.90. The van der Waals surface area contributed by atoms with Crippen LogP contribution in [-0.2, 0) is 0 Å². The third-order valence-corrected chi connectivity index (χ3v) is 3.90. The molecule has 0 unspecified atom stereocenters. The Hall–Kier alpha value is -0.770. The van der Waals surface area contributed by atoms with Gasteiger partial charge >= 0.3 is 0 Å². The molecular weight excluding hydrogens is 202 g/mol. The number of piperazine rings is 1. The van der Waals surface area contributed by atoms with Crippen LogP contribution in [-0.4, -0.2) is 55.1 Å². The molecule has 1 aliphatic carbocycles. The van der Waals surface area contributed by atoms with Crippen molar-refractivity contribution in [2.24, 2.45) is 5.11 Å². The Bertz CT molecular complexity index is 266. The van der Waals surface area contributed by atoms with E-state index in [0.29, 0.717) is 6.04 Å². The molecule has 1 saturated carbocycles. The quantitative estimate of drug-likeness (QED) is 0.407. The lowest BCUT2D eigenvalue weighted by Crippen LogP contribution is -2.53. The summed E-state index contributed by atoms with van der Waals surface area (Å²) in [5.74, 6) is 0. The Labute approximate surface area is 97.0 Å². The highest BCUT2D eigenvalue weighted by atomic mass is 15.3. The van der Waals surface area contributed by atoms with Crippen LogP contribution in [0.2, 0.25) is 0 Å². The summed E-state index contributed by atoms with van der Waals surface area (Å²) in [6.45, 7) is 4.52. The smallest absolute Gasteiger partial charge is 0.0529 e. The number of nitrogens with zero attached hydrogens (tertiary/aromatic N) is 5. The standard InChI is InChI=1S/C11H21N5/c1-15-6-8-16(9-7-15)11-5-3-2-4-10(11)13-14-12/h10-11H,2-9H2,1H3/t10-,11-/m1/s1. The fourth-order valence-electron chi connectivity index (χ4n) is 2.87. The van der Waals surface area contributed by atoms with Crippen LogP contribution in [0.4, 0.5) is 0 Å². The Balaban J connectivity index is 1.97. The largest absolute Gasteiger partial charge is 0.304 e. The minimum Gasteiger partial charge on any atom is -0.304 e. The topological polar surface area (TPSA) is 55.2 Å². The van der Waals surface area contributed by atoms with Gasteiger partial charge in [0, 0.05) is 37.1 Å². The molecule has 1 aliphatic heterocycles. The van der Waals surface area contributed by atoms with Gasteiger partial charge in [0.15, 0.2) is 0 Å². The van der Waals surface area contributed by atoms with Gasteiger partial charge in [0.25, 0.3) is 0 Å². The number of azide groups is 1. The first kappa shape index (κ1) is 11.7. The second-order valence-electron chi connectivity index (χ2n) is 4.96. The summed E-state index contributed by atoms with van der Waals surface area (Å²) in [5, 5.41) is 3.98. The summed E-state index contributed by atoms with van der Waals surface area (Å²) < 4.78 is 0. The molecule has 5 heteroatoms. The highest BCUT2D eigenvalue weighted by Crippen LogP contribution is 2.26. The van der Waals surface area contributed by atoms with Gasteiger partial charge in [-0.25, -0.2) is 0 Å². The van der Waals surface area contributed by atoms with E-state index in [1.807, 2.05) is 0 Å². The van der Waals surface area contributed by atoms with Crippen molar-refractivity contribution < 1.29 is 0 Å². The van der Waals surface area contributed by atoms with Crippen molar-refractivity contribution in [3.05, 3.63) is 10.4 Å². The first-order valence-corrected chi connectivity index (χ1v) is 6.28. The molecule has 0 bridgehead atoms. The summed E-state index contributed by atoms with van der Waals surface area (Å²) in [5.41, 5.74) is 8.61. The van der Waals surface area contributed by atoms with Crippen molar-refractivity contribution in [3.8, 4) is 0 Å². The second kappa shape index (κ2) is 5.53. The maximum absolute atomic E-state index is 8.61. The minimum absolute atomic E-state index is 0.210. The number of hydrogen-bond acceptors (Lipinski definition) is 3. The van der Waals surface area contributed by atoms with E-state index in [4.69, 9.17) is 5.53 Å². The van der Waals surface area contributed by atoms with E-state index in [2.05, 4.69) is 26.9 Å². The van der Waals surface area contributed by atoms with Crippen LogP contribution >= 0.6 is 0 Å². The first-order chi connectivity index (χ1) is 7.81. The molecule has 0 aromatic heterocycles. The molecule has 0 N–H and O–H groups in total. The molecule has 0 radical (unpaired) electrons. The van der Waals surface area contributed by atoms with Crippen molar-refractivity contribution in [2.75, 3.05) is 33.2 Å². The van der Waals surface area contributed by atoms with E-state index in [0.717, 1.165) is 32.6 Å². The van der Waals surface area contributed by atoms with Crippen LogP contribution in [0.15, 0.2) is 5.11 Å². The molecule has 0 aromatic rings. The van der Waals surface area contributed by atoms with Crippen LogP contribution in [0.1, 0.15) is 25.7 Å². The van der Waals surface area contributed by atoms with Gasteiger partial charge in [0.2, 0.25) is 0 Å². The molecule has 90 valence electrons. The average molecular weight is 223 g/mol. The van der Waals surface area contributed by atoms with Crippen molar-refractivity contribution in [1.82, 2.24) is 9.80 Å². The fourth-order valence-corrected chi connectivity index (χ4v) is 2.87. The predicted octanol–water partition coefficient (Wildman–Crippen LogP) is 1.86. The zero-order valence-electron chi connectivity index (χ0n) is 10.0. The van der Waals surface area contributed by atoms with Crippen LogP contribution in [0.5, 0.6) is 0 Å². The van der Waals surface area contributed by atoms with Crippen LogP contribution < -0.4 is 0 Å². The van der Waals surface area contributed by atoms with Gasteiger partial charge in [-0.2, -0.15) is 0 Å². The number of likely N-dealkylation sites (N-methyl/N-ethyl adjacent to an activating group) is 1. The van der Waals surface area contributed by atoms with Crippen LogP contribution in [0.25, 0.3) is 10.4 Å².